The minimum Gasteiger partial charge on any atom is -0.309 e. The number of aromatic nitrogens is 1. The summed E-state index contributed by atoms with van der Waals surface area (Å²) in [5.41, 5.74) is 10.6. The second kappa shape index (κ2) is 12.8. The van der Waals surface area contributed by atoms with E-state index in [0.717, 1.165) is 28.1 Å². The van der Waals surface area contributed by atoms with E-state index in [1.165, 1.54) is 53.1 Å². The molecule has 0 bridgehead atoms. The fourth-order valence-corrected chi connectivity index (χ4v) is 8.47. The van der Waals surface area contributed by atoms with E-state index >= 15 is 0 Å². The molecule has 9 aromatic rings. The number of hydrogen-bond acceptors (Lipinski definition) is 2. The largest absolute Gasteiger partial charge is 0.309 e. The number of fused-ring (bicyclic) bond motifs is 6. The number of thiophene rings is 1. The van der Waals surface area contributed by atoms with E-state index in [0.29, 0.717) is 11.5 Å². The summed E-state index contributed by atoms with van der Waals surface area (Å²) >= 11 is 1.81. The number of amidine groups is 1. The molecular weight excluding hydrogens is 639 g/mol. The van der Waals surface area contributed by atoms with Crippen LogP contribution in [0.15, 0.2) is 186 Å². The van der Waals surface area contributed by atoms with Crippen LogP contribution in [-0.4, -0.2) is 16.1 Å². The Labute approximate surface area is 300 Å². The number of benzene rings is 7. The normalized spacial score (nSPS) is 12.3. The van der Waals surface area contributed by atoms with Gasteiger partial charge in [0, 0.05) is 53.5 Å². The second-order valence-electron chi connectivity index (χ2n) is 12.7. The lowest BCUT2D eigenvalue weighted by Gasteiger charge is -2.08. The molecule has 0 fully saturated rings. The lowest BCUT2D eigenvalue weighted by Crippen LogP contribution is -2.04. The first-order chi connectivity index (χ1) is 25.1. The monoisotopic (exact) mass is 671 g/mol. The molecule has 0 aliphatic carbocycles. The number of aliphatic imine (C=N–C) groups is 2. The third-order valence-corrected chi connectivity index (χ3v) is 10.9. The molecule has 242 valence electrons. The van der Waals surface area contributed by atoms with Gasteiger partial charge >= 0.3 is 0 Å². The Kier molecular flexibility index (Phi) is 7.72. The molecule has 2 heterocycles. The number of nitrogens with zero attached hydrogens (tertiary/aromatic N) is 3. The van der Waals surface area contributed by atoms with Gasteiger partial charge in [-0.05, 0) is 53.9 Å². The summed E-state index contributed by atoms with van der Waals surface area (Å²) < 4.78 is 4.79. The van der Waals surface area contributed by atoms with E-state index in [1.807, 2.05) is 66.8 Å². The number of para-hydroxylation sites is 2. The minimum absolute atomic E-state index is 0.642. The number of hydrogen-bond donors (Lipinski definition) is 0. The zero-order chi connectivity index (χ0) is 34.3. The summed E-state index contributed by atoms with van der Waals surface area (Å²) in [4.78, 5) is 10.1. The Morgan fingerprint density at radius 1 is 0.529 bits per heavy atom. The first kappa shape index (κ1) is 30.7. The first-order valence-electron chi connectivity index (χ1n) is 17.1. The van der Waals surface area contributed by atoms with Crippen molar-refractivity contribution < 1.29 is 0 Å². The Morgan fingerprint density at radius 2 is 1.14 bits per heavy atom. The fraction of sp³-hybridized carbons (Fsp3) is 0.0213. The molecule has 0 aliphatic rings. The van der Waals surface area contributed by atoms with Crippen LogP contribution >= 0.6 is 11.3 Å². The van der Waals surface area contributed by atoms with Crippen LogP contribution < -0.4 is 0 Å². The molecule has 0 saturated heterocycles. The fourth-order valence-electron chi connectivity index (χ4n) is 7.10. The van der Waals surface area contributed by atoms with Crippen LogP contribution in [0.25, 0.3) is 64.5 Å². The highest BCUT2D eigenvalue weighted by Gasteiger charge is 2.17. The average Bonchev–Trinajstić information content (AvgIpc) is 3.74. The van der Waals surface area contributed by atoms with Crippen LogP contribution in [0.1, 0.15) is 23.6 Å². The van der Waals surface area contributed by atoms with Gasteiger partial charge in [-0.1, -0.05) is 146 Å². The van der Waals surface area contributed by atoms with Crippen molar-refractivity contribution in [3.05, 3.63) is 193 Å². The van der Waals surface area contributed by atoms with Crippen LogP contribution in [0, 0.1) is 0 Å². The first-order valence-corrected chi connectivity index (χ1v) is 17.9. The molecule has 2 aromatic heterocycles. The van der Waals surface area contributed by atoms with Crippen molar-refractivity contribution in [2.75, 3.05) is 0 Å². The highest BCUT2D eigenvalue weighted by Crippen LogP contribution is 2.44. The van der Waals surface area contributed by atoms with Gasteiger partial charge < -0.3 is 4.57 Å². The van der Waals surface area contributed by atoms with Gasteiger partial charge in [-0.3, -0.25) is 0 Å². The van der Waals surface area contributed by atoms with Crippen molar-refractivity contribution in [2.24, 2.45) is 9.98 Å². The van der Waals surface area contributed by atoms with Gasteiger partial charge in [-0.25, -0.2) is 9.98 Å². The van der Waals surface area contributed by atoms with E-state index in [1.54, 1.807) is 0 Å². The maximum absolute atomic E-state index is 5.11. The molecular formula is C47H33N3S. The van der Waals surface area contributed by atoms with Crippen molar-refractivity contribution in [3.8, 4) is 16.8 Å². The molecule has 9 rings (SSSR count). The molecule has 0 saturated carbocycles. The molecule has 0 spiro atoms. The lowest BCUT2D eigenvalue weighted by atomic mass is 10.00. The quantitative estimate of drug-likeness (QED) is 0.124. The van der Waals surface area contributed by atoms with Crippen molar-refractivity contribution in [1.29, 1.82) is 0 Å². The summed E-state index contributed by atoms with van der Waals surface area (Å²) in [6.45, 7) is 6.54. The second-order valence-corrected chi connectivity index (χ2v) is 13.7. The SMILES string of the molecule is C=C(N=C(N=C(C)c1ccccc1)c1ccccc1)c1cccc2c1sc1c(-c3ccc4c(c3)c3ccccc3n4-c3ccccc3)cccc12. The standard InChI is InChI=1S/C47H33N3S/c1-31(33-16-6-3-7-17-33)48-47(34-18-8-4-9-19-34)49-32(2)37-23-14-25-40-41-26-15-24-38(46(41)51-45(37)40)35-28-29-44-42(30-35)39-22-12-13-27-43(39)50(44)36-20-10-5-11-21-36/h3-30H,2H2,1H3. The average molecular weight is 672 g/mol. The zero-order valence-corrected chi connectivity index (χ0v) is 28.9. The maximum Gasteiger partial charge on any atom is 0.160 e. The van der Waals surface area contributed by atoms with Crippen molar-refractivity contribution in [1.82, 2.24) is 4.57 Å². The molecule has 0 amide bonds. The third-order valence-electron chi connectivity index (χ3n) is 9.57. The predicted molar refractivity (Wildman–Crippen MR) is 220 cm³/mol. The van der Waals surface area contributed by atoms with E-state index < -0.39 is 0 Å². The van der Waals surface area contributed by atoms with Crippen molar-refractivity contribution in [2.45, 2.75) is 6.92 Å². The van der Waals surface area contributed by atoms with Gasteiger partial charge in [0.2, 0.25) is 0 Å². The highest BCUT2D eigenvalue weighted by atomic mass is 32.1. The molecule has 4 heteroatoms. The molecule has 7 aromatic carbocycles. The van der Waals surface area contributed by atoms with Crippen molar-refractivity contribution >= 4 is 70.6 Å². The predicted octanol–water partition coefficient (Wildman–Crippen LogP) is 12.7. The molecule has 0 aliphatic heterocycles. The number of rotatable bonds is 6. The van der Waals surface area contributed by atoms with Gasteiger partial charge in [-0.2, -0.15) is 0 Å². The van der Waals surface area contributed by atoms with Crippen LogP contribution in [0.4, 0.5) is 0 Å². The highest BCUT2D eigenvalue weighted by molar-refractivity contribution is 7.26. The van der Waals surface area contributed by atoms with Crippen LogP contribution in [0.3, 0.4) is 0 Å². The Balaban J connectivity index is 1.18. The topological polar surface area (TPSA) is 29.6 Å². The molecule has 0 N–H and O–H groups in total. The minimum atomic E-state index is 0.642. The molecule has 3 nitrogen and oxygen atoms in total. The molecule has 51 heavy (non-hydrogen) atoms. The lowest BCUT2D eigenvalue weighted by molar-refractivity contribution is 1.18. The molecule has 0 radical (unpaired) electrons. The smallest absolute Gasteiger partial charge is 0.160 e. The summed E-state index contributed by atoms with van der Waals surface area (Å²) in [7, 11) is 0. The van der Waals surface area contributed by atoms with Crippen LogP contribution in [-0.2, 0) is 0 Å². The summed E-state index contributed by atoms with van der Waals surface area (Å²) in [5, 5.41) is 4.93. The van der Waals surface area contributed by atoms with Gasteiger partial charge in [0.1, 0.15) is 0 Å². The van der Waals surface area contributed by atoms with Gasteiger partial charge in [0.05, 0.1) is 16.7 Å². The van der Waals surface area contributed by atoms with Gasteiger partial charge in [0.15, 0.2) is 5.84 Å². The Hall–Kier alpha value is -6.36. The Bertz CT molecular complexity index is 2800. The summed E-state index contributed by atoms with van der Waals surface area (Å²) in [6, 6.07) is 59.7. The maximum atomic E-state index is 5.11. The summed E-state index contributed by atoms with van der Waals surface area (Å²) in [5.74, 6) is 0.642. The van der Waals surface area contributed by atoms with Crippen LogP contribution in [0.2, 0.25) is 0 Å². The van der Waals surface area contributed by atoms with E-state index in [9.17, 15) is 0 Å². The third kappa shape index (κ3) is 5.47. The zero-order valence-electron chi connectivity index (χ0n) is 28.1. The molecule has 0 atom stereocenters. The summed E-state index contributed by atoms with van der Waals surface area (Å²) in [6.07, 6.45) is 0. The van der Waals surface area contributed by atoms with E-state index in [4.69, 9.17) is 9.98 Å². The van der Waals surface area contributed by atoms with Gasteiger partial charge in [-0.15, -0.1) is 11.3 Å². The Morgan fingerprint density at radius 3 is 1.90 bits per heavy atom. The van der Waals surface area contributed by atoms with Gasteiger partial charge in [0.25, 0.3) is 0 Å². The molecule has 0 unspecified atom stereocenters. The van der Waals surface area contributed by atoms with Crippen LogP contribution in [0.5, 0.6) is 0 Å². The van der Waals surface area contributed by atoms with E-state index in [-0.39, 0.29) is 0 Å². The van der Waals surface area contributed by atoms with Crippen molar-refractivity contribution in [3.63, 3.8) is 0 Å². The van der Waals surface area contributed by atoms with E-state index in [2.05, 4.69) is 132 Å².